The molecule has 29 heavy (non-hydrogen) atoms. The molecule has 0 aromatic carbocycles. The average Bonchev–Trinajstić information content (AvgIpc) is 3.12. The van der Waals surface area contributed by atoms with Crippen molar-refractivity contribution in [2.45, 2.75) is 51.8 Å². The van der Waals surface area contributed by atoms with Crippen LogP contribution in [0.4, 0.5) is 5.82 Å². The van der Waals surface area contributed by atoms with Crippen LogP contribution in [0.5, 0.6) is 5.75 Å². The van der Waals surface area contributed by atoms with E-state index in [1.807, 2.05) is 32.7 Å². The summed E-state index contributed by atoms with van der Waals surface area (Å²) in [6, 6.07) is 3.53. The van der Waals surface area contributed by atoms with Crippen LogP contribution >= 0.6 is 0 Å². The highest BCUT2D eigenvalue weighted by atomic mass is 16.5. The molecule has 3 N–H and O–H groups in total. The smallest absolute Gasteiger partial charge is 0.180 e. The molecule has 0 amide bonds. The fraction of sp³-hybridized carbons (Fsp3) is 0.571. The van der Waals surface area contributed by atoms with Gasteiger partial charge in [0.25, 0.3) is 0 Å². The van der Waals surface area contributed by atoms with Gasteiger partial charge in [-0.05, 0) is 46.1 Å². The highest BCUT2D eigenvalue weighted by molar-refractivity contribution is 5.59. The Kier molecular flexibility index (Phi) is 6.66. The fourth-order valence-electron chi connectivity index (χ4n) is 3.52. The van der Waals surface area contributed by atoms with Crippen molar-refractivity contribution in [3.63, 3.8) is 0 Å². The molecule has 0 saturated heterocycles. The quantitative estimate of drug-likeness (QED) is 0.573. The number of pyridine rings is 1. The minimum absolute atomic E-state index is 0.0487. The van der Waals surface area contributed by atoms with E-state index < -0.39 is 6.23 Å². The minimum Gasteiger partial charge on any atom is -0.491 e. The first kappa shape index (κ1) is 21.4. The number of aliphatic hydroxyl groups excluding tert-OH is 2. The summed E-state index contributed by atoms with van der Waals surface area (Å²) >= 11 is 0. The summed E-state index contributed by atoms with van der Waals surface area (Å²) in [6.07, 6.45) is 3.87. The van der Waals surface area contributed by atoms with Gasteiger partial charge >= 0.3 is 0 Å². The summed E-state index contributed by atoms with van der Waals surface area (Å²) in [6.45, 7) is 6.65. The predicted octanol–water partition coefficient (Wildman–Crippen LogP) is 1.54. The summed E-state index contributed by atoms with van der Waals surface area (Å²) in [5.74, 6) is 1.99. The Morgan fingerprint density at radius 1 is 1.28 bits per heavy atom. The molecular weight excluding hydrogens is 370 g/mol. The average molecular weight is 402 g/mol. The summed E-state index contributed by atoms with van der Waals surface area (Å²) in [5.41, 5.74) is 2.63. The Bertz CT molecular complexity index is 838. The van der Waals surface area contributed by atoms with Crippen molar-refractivity contribution in [1.29, 1.82) is 0 Å². The number of likely N-dealkylation sites (N-methyl/N-ethyl adjacent to an activating group) is 1. The topological polar surface area (TPSA) is 104 Å². The van der Waals surface area contributed by atoms with E-state index in [1.165, 1.54) is 0 Å². The first-order valence-corrected chi connectivity index (χ1v) is 10.0. The number of fused-ring (bicyclic) bond motifs is 1. The van der Waals surface area contributed by atoms with Gasteiger partial charge in [-0.3, -0.25) is 10.3 Å². The minimum atomic E-state index is -0.677. The van der Waals surface area contributed by atoms with E-state index >= 15 is 0 Å². The van der Waals surface area contributed by atoms with Crippen LogP contribution in [0.15, 0.2) is 18.3 Å². The Hall–Kier alpha value is -2.29. The SMILES string of the molecule is CN(CC(O)NC(C)(C)C)c1nc(-c2cc(OCCO)ccn2)nc2c1CCC2. The molecule has 1 aliphatic carbocycles. The molecule has 0 aliphatic heterocycles. The number of rotatable bonds is 8. The molecule has 0 fully saturated rings. The predicted molar refractivity (Wildman–Crippen MR) is 112 cm³/mol. The lowest BCUT2D eigenvalue weighted by atomic mass is 10.1. The molecule has 1 atom stereocenters. The van der Waals surface area contributed by atoms with Crippen LogP contribution in [0.25, 0.3) is 11.5 Å². The molecule has 0 bridgehead atoms. The van der Waals surface area contributed by atoms with E-state index in [1.54, 1.807) is 18.3 Å². The van der Waals surface area contributed by atoms with Crippen LogP contribution in [0.2, 0.25) is 0 Å². The molecular formula is C21H31N5O3. The van der Waals surface area contributed by atoms with E-state index in [9.17, 15) is 5.11 Å². The third kappa shape index (κ3) is 5.62. The van der Waals surface area contributed by atoms with Crippen LogP contribution in [0, 0.1) is 0 Å². The monoisotopic (exact) mass is 401 g/mol. The van der Waals surface area contributed by atoms with E-state index in [-0.39, 0.29) is 18.8 Å². The van der Waals surface area contributed by atoms with Crippen molar-refractivity contribution in [3.05, 3.63) is 29.6 Å². The van der Waals surface area contributed by atoms with Gasteiger partial charge in [-0.1, -0.05) is 0 Å². The van der Waals surface area contributed by atoms with E-state index in [2.05, 4.69) is 10.3 Å². The molecule has 0 saturated carbocycles. The number of hydrogen-bond donors (Lipinski definition) is 3. The van der Waals surface area contributed by atoms with Crippen LogP contribution < -0.4 is 15.0 Å². The zero-order chi connectivity index (χ0) is 21.0. The van der Waals surface area contributed by atoms with Crippen molar-refractivity contribution >= 4 is 5.82 Å². The number of aromatic nitrogens is 3. The first-order chi connectivity index (χ1) is 13.8. The highest BCUT2D eigenvalue weighted by Crippen LogP contribution is 2.31. The van der Waals surface area contributed by atoms with E-state index in [0.29, 0.717) is 23.8 Å². The zero-order valence-corrected chi connectivity index (χ0v) is 17.6. The Morgan fingerprint density at radius 2 is 2.07 bits per heavy atom. The van der Waals surface area contributed by atoms with E-state index in [4.69, 9.17) is 19.8 Å². The van der Waals surface area contributed by atoms with Gasteiger partial charge in [-0.15, -0.1) is 0 Å². The number of aryl methyl sites for hydroxylation is 1. The lowest BCUT2D eigenvalue weighted by molar-refractivity contribution is 0.112. The van der Waals surface area contributed by atoms with Crippen molar-refractivity contribution in [3.8, 4) is 17.3 Å². The normalized spacial score (nSPS) is 14.6. The maximum Gasteiger partial charge on any atom is 0.180 e. The van der Waals surface area contributed by atoms with E-state index in [0.717, 1.165) is 36.3 Å². The van der Waals surface area contributed by atoms with Gasteiger partial charge < -0.3 is 19.8 Å². The van der Waals surface area contributed by atoms with Crippen LogP contribution in [-0.4, -0.2) is 63.7 Å². The Labute approximate surface area is 172 Å². The van der Waals surface area contributed by atoms with Crippen LogP contribution in [0.1, 0.15) is 38.4 Å². The maximum atomic E-state index is 10.4. The van der Waals surface area contributed by atoms with Crippen molar-refractivity contribution in [2.24, 2.45) is 0 Å². The number of ether oxygens (including phenoxy) is 1. The molecule has 1 aliphatic rings. The number of aliphatic hydroxyl groups is 2. The molecule has 2 heterocycles. The molecule has 158 valence electrons. The maximum absolute atomic E-state index is 10.4. The molecule has 3 rings (SSSR count). The molecule has 2 aromatic rings. The van der Waals surface area contributed by atoms with Crippen molar-refractivity contribution < 1.29 is 14.9 Å². The highest BCUT2D eigenvalue weighted by Gasteiger charge is 2.24. The number of anilines is 1. The second-order valence-electron chi connectivity index (χ2n) is 8.39. The molecule has 0 spiro atoms. The summed E-state index contributed by atoms with van der Waals surface area (Å²) < 4.78 is 5.49. The van der Waals surface area contributed by atoms with Gasteiger partial charge in [0.05, 0.1) is 13.2 Å². The van der Waals surface area contributed by atoms with Crippen LogP contribution in [0.3, 0.4) is 0 Å². The van der Waals surface area contributed by atoms with Crippen molar-refractivity contribution in [1.82, 2.24) is 20.3 Å². The van der Waals surface area contributed by atoms with Gasteiger partial charge in [-0.25, -0.2) is 9.97 Å². The first-order valence-electron chi connectivity index (χ1n) is 10.0. The summed E-state index contributed by atoms with van der Waals surface area (Å²) in [7, 11) is 1.94. The van der Waals surface area contributed by atoms with Crippen LogP contribution in [-0.2, 0) is 12.8 Å². The fourth-order valence-corrected chi connectivity index (χ4v) is 3.52. The number of hydrogen-bond acceptors (Lipinski definition) is 8. The third-order valence-electron chi connectivity index (χ3n) is 4.64. The molecule has 0 radical (unpaired) electrons. The van der Waals surface area contributed by atoms with Gasteiger partial charge in [0.2, 0.25) is 0 Å². The third-order valence-corrected chi connectivity index (χ3v) is 4.64. The van der Waals surface area contributed by atoms with Gasteiger partial charge in [0.15, 0.2) is 5.82 Å². The van der Waals surface area contributed by atoms with Gasteiger partial charge in [-0.2, -0.15) is 0 Å². The second-order valence-corrected chi connectivity index (χ2v) is 8.39. The molecule has 1 unspecified atom stereocenters. The Morgan fingerprint density at radius 3 is 2.79 bits per heavy atom. The van der Waals surface area contributed by atoms with Gasteiger partial charge in [0.1, 0.15) is 30.1 Å². The Balaban J connectivity index is 1.88. The number of nitrogens with one attached hydrogen (secondary N) is 1. The molecule has 2 aromatic heterocycles. The summed E-state index contributed by atoms with van der Waals surface area (Å²) in [4.78, 5) is 15.9. The molecule has 8 heteroatoms. The lowest BCUT2D eigenvalue weighted by Crippen LogP contribution is -2.48. The zero-order valence-electron chi connectivity index (χ0n) is 17.6. The van der Waals surface area contributed by atoms with Crippen molar-refractivity contribution in [2.75, 3.05) is 31.7 Å². The molecule has 8 nitrogen and oxygen atoms in total. The lowest BCUT2D eigenvalue weighted by Gasteiger charge is -2.29. The van der Waals surface area contributed by atoms with Gasteiger partial charge in [0, 0.05) is 36.1 Å². The standard InChI is InChI=1S/C21H31N5O3/c1-21(2,3)25-18(28)13-26(4)20-15-6-5-7-16(15)23-19(24-20)17-12-14(8-9-22-17)29-11-10-27/h8-9,12,18,25,27-28H,5-7,10-11,13H2,1-4H3. The second kappa shape index (κ2) is 9.02. The summed E-state index contributed by atoms with van der Waals surface area (Å²) in [5, 5.41) is 22.6. The number of nitrogens with zero attached hydrogens (tertiary/aromatic N) is 4. The largest absolute Gasteiger partial charge is 0.491 e.